The summed E-state index contributed by atoms with van der Waals surface area (Å²) < 4.78 is 12.8. The van der Waals surface area contributed by atoms with Gasteiger partial charge in [0, 0.05) is 6.42 Å². The van der Waals surface area contributed by atoms with Crippen LogP contribution in [0.1, 0.15) is 18.6 Å². The van der Waals surface area contributed by atoms with Crippen LogP contribution in [0.25, 0.3) is 16.6 Å². The summed E-state index contributed by atoms with van der Waals surface area (Å²) in [4.78, 5) is 22.5. The van der Waals surface area contributed by atoms with Gasteiger partial charge in [0.05, 0.1) is 22.3 Å². The summed E-state index contributed by atoms with van der Waals surface area (Å²) in [6.07, 6.45) is 0.699. The van der Waals surface area contributed by atoms with Gasteiger partial charge in [-0.15, -0.1) is 0 Å². The SMILES string of the molecule is CCc1noc(CSc2nc3ccccc3c(=O)n2-c2ccc(Oc3ccccc3)cc2)n1. The van der Waals surface area contributed by atoms with E-state index in [-0.39, 0.29) is 5.56 Å². The van der Waals surface area contributed by atoms with Crippen molar-refractivity contribution in [2.24, 2.45) is 0 Å². The minimum atomic E-state index is -0.139. The summed E-state index contributed by atoms with van der Waals surface area (Å²) >= 11 is 1.38. The number of fused-ring (bicyclic) bond motifs is 1. The monoisotopic (exact) mass is 456 g/mol. The van der Waals surface area contributed by atoms with Crippen molar-refractivity contribution >= 4 is 22.7 Å². The van der Waals surface area contributed by atoms with E-state index in [0.717, 1.165) is 5.75 Å². The molecule has 0 saturated heterocycles. The van der Waals surface area contributed by atoms with E-state index in [1.807, 2.05) is 79.7 Å². The van der Waals surface area contributed by atoms with Crippen LogP contribution in [0.15, 0.2) is 93.3 Å². The Morgan fingerprint density at radius 2 is 1.64 bits per heavy atom. The molecule has 0 N–H and O–H groups in total. The predicted molar refractivity (Wildman–Crippen MR) is 127 cm³/mol. The van der Waals surface area contributed by atoms with Gasteiger partial charge in [0.25, 0.3) is 5.56 Å². The van der Waals surface area contributed by atoms with Crippen LogP contribution in [-0.4, -0.2) is 19.7 Å². The molecule has 0 aliphatic carbocycles. The van der Waals surface area contributed by atoms with E-state index in [4.69, 9.17) is 14.2 Å². The van der Waals surface area contributed by atoms with Crippen LogP contribution in [0.3, 0.4) is 0 Å². The highest BCUT2D eigenvalue weighted by Crippen LogP contribution is 2.26. The van der Waals surface area contributed by atoms with Crippen LogP contribution in [-0.2, 0) is 12.2 Å². The van der Waals surface area contributed by atoms with Crippen LogP contribution in [0.5, 0.6) is 11.5 Å². The van der Waals surface area contributed by atoms with Gasteiger partial charge in [-0.1, -0.05) is 54.2 Å². The molecule has 0 unspecified atom stereocenters. The highest BCUT2D eigenvalue weighted by atomic mass is 32.2. The number of aromatic nitrogens is 4. The average Bonchev–Trinajstić information content (AvgIpc) is 3.32. The highest BCUT2D eigenvalue weighted by Gasteiger charge is 2.15. The summed E-state index contributed by atoms with van der Waals surface area (Å²) in [5.41, 5.74) is 1.20. The lowest BCUT2D eigenvalue weighted by molar-refractivity contribution is 0.385. The molecule has 5 rings (SSSR count). The Balaban J connectivity index is 1.50. The molecule has 0 fully saturated rings. The number of nitrogens with zero attached hydrogens (tertiary/aromatic N) is 4. The van der Waals surface area contributed by atoms with Crippen molar-refractivity contribution in [3.63, 3.8) is 0 Å². The number of para-hydroxylation sites is 2. The fourth-order valence-electron chi connectivity index (χ4n) is 3.34. The first-order chi connectivity index (χ1) is 16.2. The maximum atomic E-state index is 13.4. The zero-order valence-electron chi connectivity index (χ0n) is 17.8. The summed E-state index contributed by atoms with van der Waals surface area (Å²) in [6, 6.07) is 24.3. The minimum absolute atomic E-state index is 0.139. The lowest BCUT2D eigenvalue weighted by Gasteiger charge is -2.13. The largest absolute Gasteiger partial charge is 0.457 e. The van der Waals surface area contributed by atoms with Crippen LogP contribution in [0.2, 0.25) is 0 Å². The lowest BCUT2D eigenvalue weighted by atomic mass is 10.2. The molecule has 0 radical (unpaired) electrons. The second-order valence-electron chi connectivity index (χ2n) is 7.21. The molecule has 2 aromatic heterocycles. The van der Waals surface area contributed by atoms with Gasteiger partial charge in [-0.3, -0.25) is 9.36 Å². The third kappa shape index (κ3) is 4.51. The Hall–Kier alpha value is -3.91. The van der Waals surface area contributed by atoms with Crippen molar-refractivity contribution in [3.05, 3.63) is 101 Å². The van der Waals surface area contributed by atoms with Crippen LogP contribution >= 0.6 is 11.8 Å². The Morgan fingerprint density at radius 1 is 0.909 bits per heavy atom. The molecule has 0 spiro atoms. The van der Waals surface area contributed by atoms with Gasteiger partial charge >= 0.3 is 0 Å². The van der Waals surface area contributed by atoms with Crippen LogP contribution in [0.4, 0.5) is 0 Å². The van der Waals surface area contributed by atoms with Crippen molar-refractivity contribution in [3.8, 4) is 17.2 Å². The normalized spacial score (nSPS) is 11.1. The molecule has 0 aliphatic rings. The first kappa shape index (κ1) is 21.0. The number of benzene rings is 3. The molecular formula is C25H20N4O3S. The first-order valence-electron chi connectivity index (χ1n) is 10.5. The van der Waals surface area contributed by atoms with Gasteiger partial charge in [0.15, 0.2) is 11.0 Å². The van der Waals surface area contributed by atoms with E-state index in [0.29, 0.717) is 51.4 Å². The molecule has 8 heteroatoms. The molecule has 0 bridgehead atoms. The topological polar surface area (TPSA) is 83.0 Å². The van der Waals surface area contributed by atoms with Crippen molar-refractivity contribution in [1.82, 2.24) is 19.7 Å². The molecular weight excluding hydrogens is 436 g/mol. The minimum Gasteiger partial charge on any atom is -0.457 e. The maximum Gasteiger partial charge on any atom is 0.266 e. The maximum absolute atomic E-state index is 13.4. The predicted octanol–water partition coefficient (Wildman–Crippen LogP) is 5.42. The molecule has 5 aromatic rings. The molecule has 0 saturated carbocycles. The first-order valence-corrected chi connectivity index (χ1v) is 11.5. The fourth-order valence-corrected chi connectivity index (χ4v) is 4.19. The number of aryl methyl sites for hydroxylation is 1. The molecule has 0 atom stereocenters. The average molecular weight is 457 g/mol. The van der Waals surface area contributed by atoms with Crippen LogP contribution in [0, 0.1) is 0 Å². The van der Waals surface area contributed by atoms with Crippen molar-refractivity contribution in [2.75, 3.05) is 0 Å². The lowest BCUT2D eigenvalue weighted by Crippen LogP contribution is -2.21. The standard InChI is InChI=1S/C25H20N4O3S/c1-2-22-27-23(32-28-22)16-33-25-26-21-11-7-6-10-20(21)24(30)29(25)17-12-14-19(15-13-17)31-18-8-4-3-5-9-18/h3-15H,2,16H2,1H3. The second kappa shape index (κ2) is 9.30. The summed E-state index contributed by atoms with van der Waals surface area (Å²) in [5.74, 6) is 2.99. The van der Waals surface area contributed by atoms with E-state index in [1.165, 1.54) is 11.8 Å². The van der Waals surface area contributed by atoms with E-state index >= 15 is 0 Å². The van der Waals surface area contributed by atoms with Crippen LogP contribution < -0.4 is 10.3 Å². The van der Waals surface area contributed by atoms with Gasteiger partial charge in [0.2, 0.25) is 5.89 Å². The highest BCUT2D eigenvalue weighted by molar-refractivity contribution is 7.98. The molecule has 0 aliphatic heterocycles. The summed E-state index contributed by atoms with van der Waals surface area (Å²) in [7, 11) is 0. The Labute approximate surface area is 194 Å². The van der Waals surface area contributed by atoms with Gasteiger partial charge in [-0.25, -0.2) is 4.98 Å². The van der Waals surface area contributed by atoms with E-state index in [9.17, 15) is 4.79 Å². The summed E-state index contributed by atoms with van der Waals surface area (Å²) in [6.45, 7) is 1.97. The third-order valence-corrected chi connectivity index (χ3v) is 5.89. The zero-order valence-corrected chi connectivity index (χ0v) is 18.7. The van der Waals surface area contributed by atoms with E-state index in [2.05, 4.69) is 10.1 Å². The molecule has 2 heterocycles. The quantitative estimate of drug-likeness (QED) is 0.239. The fraction of sp³-hybridized carbons (Fsp3) is 0.120. The Kier molecular flexibility index (Phi) is 5.91. The molecule has 33 heavy (non-hydrogen) atoms. The van der Waals surface area contributed by atoms with Gasteiger partial charge in [0.1, 0.15) is 11.5 Å². The Bertz CT molecular complexity index is 1450. The number of hydrogen-bond donors (Lipinski definition) is 0. The van der Waals surface area contributed by atoms with Gasteiger partial charge < -0.3 is 9.26 Å². The molecule has 3 aromatic carbocycles. The molecule has 164 valence electrons. The van der Waals surface area contributed by atoms with Crippen molar-refractivity contribution < 1.29 is 9.26 Å². The molecule has 0 amide bonds. The number of hydrogen-bond acceptors (Lipinski definition) is 7. The third-order valence-electron chi connectivity index (χ3n) is 4.97. The number of ether oxygens (including phenoxy) is 1. The van der Waals surface area contributed by atoms with Crippen molar-refractivity contribution in [2.45, 2.75) is 24.3 Å². The van der Waals surface area contributed by atoms with E-state index < -0.39 is 0 Å². The van der Waals surface area contributed by atoms with Gasteiger partial charge in [-0.2, -0.15) is 4.98 Å². The Morgan fingerprint density at radius 3 is 2.39 bits per heavy atom. The number of thioether (sulfide) groups is 1. The number of rotatable bonds is 7. The second-order valence-corrected chi connectivity index (χ2v) is 8.15. The van der Waals surface area contributed by atoms with E-state index in [1.54, 1.807) is 10.6 Å². The van der Waals surface area contributed by atoms with Crippen molar-refractivity contribution in [1.29, 1.82) is 0 Å². The van der Waals surface area contributed by atoms with Gasteiger partial charge in [-0.05, 0) is 48.5 Å². The summed E-state index contributed by atoms with van der Waals surface area (Å²) in [5, 5.41) is 5.04. The zero-order chi connectivity index (χ0) is 22.6. The molecule has 7 nitrogen and oxygen atoms in total. The smallest absolute Gasteiger partial charge is 0.266 e.